The van der Waals surface area contributed by atoms with Crippen molar-refractivity contribution in [3.8, 4) is 0 Å². The minimum absolute atomic E-state index is 0.0145. The molecule has 4 aliphatic carbocycles. The molecular formula is C21H30O2. The average molecular weight is 314 g/mol. The fourth-order valence-electron chi connectivity index (χ4n) is 6.94. The highest BCUT2D eigenvalue weighted by atomic mass is 16.1. The summed E-state index contributed by atoms with van der Waals surface area (Å²) < 4.78 is 0. The summed E-state index contributed by atoms with van der Waals surface area (Å²) >= 11 is 0. The number of carbonyl (C=O) groups is 2. The van der Waals surface area contributed by atoms with Gasteiger partial charge in [-0.2, -0.15) is 0 Å². The maximum Gasteiger partial charge on any atom is 0.155 e. The standard InChI is InChI=1S/C21H30O2/c1-13(22)14-8-10-20(2)15(12-14)4-5-16-17-6-7-19(23)21(17,3)11-9-18(16)20/h8,15-18H,4-7,9-12H2,1-3H3/t15-,16+,17-,18+,20+,21+/m1/s1. The molecule has 2 heteroatoms. The summed E-state index contributed by atoms with van der Waals surface area (Å²) in [6.07, 6.45) is 11.1. The SMILES string of the molecule is CC(=O)C1=CC[C@@]2(C)[C@H](CC[C@H]3[C@H]4CCC(=O)[C@@]4(C)CC[C@@H]32)C1. The van der Waals surface area contributed by atoms with Crippen LogP contribution in [0.25, 0.3) is 0 Å². The second kappa shape index (κ2) is 5.04. The number of hydrogen-bond donors (Lipinski definition) is 0. The van der Waals surface area contributed by atoms with Crippen LogP contribution >= 0.6 is 0 Å². The smallest absolute Gasteiger partial charge is 0.155 e. The Balaban J connectivity index is 1.64. The van der Waals surface area contributed by atoms with E-state index < -0.39 is 0 Å². The van der Waals surface area contributed by atoms with Gasteiger partial charge in [0, 0.05) is 11.8 Å². The highest BCUT2D eigenvalue weighted by molar-refractivity contribution is 5.93. The Hall–Kier alpha value is -0.920. The van der Waals surface area contributed by atoms with Crippen LogP contribution < -0.4 is 0 Å². The Bertz CT molecular complexity index is 589. The van der Waals surface area contributed by atoms with Gasteiger partial charge in [0.15, 0.2) is 5.78 Å². The van der Waals surface area contributed by atoms with Crippen LogP contribution in [-0.4, -0.2) is 11.6 Å². The molecule has 126 valence electrons. The third-order valence-corrected chi connectivity index (χ3v) is 8.48. The number of Topliss-reactive ketones (excluding diaryl/α,β-unsaturated/α-hetero) is 2. The van der Waals surface area contributed by atoms with Crippen LogP contribution in [0.5, 0.6) is 0 Å². The van der Waals surface area contributed by atoms with E-state index in [1.807, 2.05) is 0 Å². The van der Waals surface area contributed by atoms with Gasteiger partial charge in [-0.3, -0.25) is 9.59 Å². The van der Waals surface area contributed by atoms with Gasteiger partial charge in [-0.15, -0.1) is 0 Å². The second-order valence-corrected chi connectivity index (χ2v) is 9.27. The molecule has 0 bridgehead atoms. The zero-order chi connectivity index (χ0) is 16.4. The molecule has 2 nitrogen and oxygen atoms in total. The summed E-state index contributed by atoms with van der Waals surface area (Å²) in [5.41, 5.74) is 1.41. The van der Waals surface area contributed by atoms with Crippen LogP contribution in [0.2, 0.25) is 0 Å². The van der Waals surface area contributed by atoms with Crippen molar-refractivity contribution >= 4 is 11.6 Å². The summed E-state index contributed by atoms with van der Waals surface area (Å²) in [6.45, 7) is 6.46. The molecule has 0 aliphatic heterocycles. The number of rotatable bonds is 1. The van der Waals surface area contributed by atoms with E-state index >= 15 is 0 Å². The number of fused-ring (bicyclic) bond motifs is 5. The van der Waals surface area contributed by atoms with Gasteiger partial charge in [0.2, 0.25) is 0 Å². The van der Waals surface area contributed by atoms with Crippen LogP contribution in [0.1, 0.15) is 72.1 Å². The average Bonchev–Trinajstić information content (AvgIpc) is 2.82. The van der Waals surface area contributed by atoms with E-state index in [0.717, 1.165) is 49.5 Å². The molecule has 0 aromatic carbocycles. The molecule has 0 aromatic heterocycles. The molecule has 3 saturated carbocycles. The third-order valence-electron chi connectivity index (χ3n) is 8.48. The number of ketones is 2. The minimum atomic E-state index is -0.0145. The molecule has 0 aromatic rings. The zero-order valence-electron chi connectivity index (χ0n) is 14.9. The number of carbonyl (C=O) groups excluding carboxylic acids is 2. The van der Waals surface area contributed by atoms with Crippen molar-refractivity contribution in [1.29, 1.82) is 0 Å². The molecule has 0 radical (unpaired) electrons. The lowest BCUT2D eigenvalue weighted by Crippen LogP contribution is -2.52. The predicted octanol–water partition coefficient (Wildman–Crippen LogP) is 4.72. The maximum atomic E-state index is 12.4. The van der Waals surface area contributed by atoms with Gasteiger partial charge in [-0.05, 0) is 86.5 Å². The monoisotopic (exact) mass is 314 g/mol. The lowest BCUT2D eigenvalue weighted by molar-refractivity contribution is -0.136. The quantitative estimate of drug-likeness (QED) is 0.701. The first-order chi connectivity index (χ1) is 10.9. The zero-order valence-corrected chi connectivity index (χ0v) is 14.9. The van der Waals surface area contributed by atoms with Crippen LogP contribution in [0.15, 0.2) is 11.6 Å². The van der Waals surface area contributed by atoms with Gasteiger partial charge >= 0.3 is 0 Å². The van der Waals surface area contributed by atoms with E-state index in [0.29, 0.717) is 23.0 Å². The van der Waals surface area contributed by atoms with Gasteiger partial charge in [0.05, 0.1) is 0 Å². The van der Waals surface area contributed by atoms with Gasteiger partial charge in [-0.25, -0.2) is 0 Å². The molecule has 0 N–H and O–H groups in total. The Labute approximate surface area is 140 Å². The van der Waals surface area contributed by atoms with Gasteiger partial charge in [0.1, 0.15) is 5.78 Å². The van der Waals surface area contributed by atoms with Crippen LogP contribution in [0.3, 0.4) is 0 Å². The summed E-state index contributed by atoms with van der Waals surface area (Å²) in [6, 6.07) is 0. The van der Waals surface area contributed by atoms with Gasteiger partial charge in [0.25, 0.3) is 0 Å². The fraction of sp³-hybridized carbons (Fsp3) is 0.810. The molecule has 0 amide bonds. The highest BCUT2D eigenvalue weighted by Gasteiger charge is 2.59. The normalized spacial score (nSPS) is 49.0. The van der Waals surface area contributed by atoms with Gasteiger partial charge in [-0.1, -0.05) is 19.9 Å². The molecule has 0 heterocycles. The molecule has 4 rings (SSSR count). The third kappa shape index (κ3) is 2.06. The summed E-state index contributed by atoms with van der Waals surface area (Å²) in [5, 5.41) is 0. The Morgan fingerprint density at radius 2 is 1.91 bits per heavy atom. The van der Waals surface area contributed by atoms with Gasteiger partial charge < -0.3 is 0 Å². The van der Waals surface area contributed by atoms with Crippen LogP contribution in [0.4, 0.5) is 0 Å². The van der Waals surface area contributed by atoms with Crippen LogP contribution in [0, 0.1) is 34.5 Å². The molecule has 3 fully saturated rings. The van der Waals surface area contributed by atoms with E-state index in [1.54, 1.807) is 6.92 Å². The summed E-state index contributed by atoms with van der Waals surface area (Å²) in [7, 11) is 0. The summed E-state index contributed by atoms with van der Waals surface area (Å²) in [4.78, 5) is 24.2. The Kier molecular flexibility index (Phi) is 3.42. The predicted molar refractivity (Wildman–Crippen MR) is 90.9 cm³/mol. The molecule has 4 aliphatic rings. The highest BCUT2D eigenvalue weighted by Crippen LogP contribution is 2.65. The van der Waals surface area contributed by atoms with Crippen molar-refractivity contribution in [2.45, 2.75) is 72.1 Å². The molecule has 23 heavy (non-hydrogen) atoms. The first-order valence-corrected chi connectivity index (χ1v) is 9.59. The molecule has 0 saturated heterocycles. The second-order valence-electron chi connectivity index (χ2n) is 9.27. The van der Waals surface area contributed by atoms with Crippen molar-refractivity contribution in [3.63, 3.8) is 0 Å². The lowest BCUT2D eigenvalue weighted by Gasteiger charge is -2.59. The van der Waals surface area contributed by atoms with Crippen molar-refractivity contribution in [2.24, 2.45) is 34.5 Å². The Morgan fingerprint density at radius 3 is 2.65 bits per heavy atom. The largest absolute Gasteiger partial charge is 0.299 e. The Morgan fingerprint density at radius 1 is 1.13 bits per heavy atom. The van der Waals surface area contributed by atoms with Crippen molar-refractivity contribution < 1.29 is 9.59 Å². The minimum Gasteiger partial charge on any atom is -0.299 e. The van der Waals surface area contributed by atoms with Crippen molar-refractivity contribution in [2.75, 3.05) is 0 Å². The van der Waals surface area contributed by atoms with E-state index in [2.05, 4.69) is 19.9 Å². The summed E-state index contributed by atoms with van der Waals surface area (Å²) in [5.74, 6) is 3.62. The number of allylic oxidation sites excluding steroid dienone is 2. The number of hydrogen-bond acceptors (Lipinski definition) is 2. The maximum absolute atomic E-state index is 12.4. The molecular weight excluding hydrogens is 284 g/mol. The van der Waals surface area contributed by atoms with Crippen LogP contribution in [-0.2, 0) is 9.59 Å². The van der Waals surface area contributed by atoms with E-state index in [4.69, 9.17) is 0 Å². The van der Waals surface area contributed by atoms with Crippen molar-refractivity contribution in [3.05, 3.63) is 11.6 Å². The fourth-order valence-corrected chi connectivity index (χ4v) is 6.94. The first kappa shape index (κ1) is 15.6. The van der Waals surface area contributed by atoms with E-state index in [9.17, 15) is 9.59 Å². The van der Waals surface area contributed by atoms with E-state index in [-0.39, 0.29) is 11.2 Å². The topological polar surface area (TPSA) is 34.1 Å². The van der Waals surface area contributed by atoms with Crippen molar-refractivity contribution in [1.82, 2.24) is 0 Å². The molecule has 6 atom stereocenters. The molecule has 0 spiro atoms. The van der Waals surface area contributed by atoms with E-state index in [1.165, 1.54) is 19.3 Å². The molecule has 0 unspecified atom stereocenters. The lowest BCUT2D eigenvalue weighted by atomic mass is 9.45. The first-order valence-electron chi connectivity index (χ1n) is 9.59.